The molecule has 2 unspecified atom stereocenters. The van der Waals surface area contributed by atoms with Crippen LogP contribution in [-0.4, -0.2) is 52.0 Å². The van der Waals surface area contributed by atoms with Crippen molar-refractivity contribution in [3.8, 4) is 0 Å². The monoisotopic (exact) mass is 339 g/mol. The highest BCUT2D eigenvalue weighted by Crippen LogP contribution is 2.13. The third-order valence-electron chi connectivity index (χ3n) is 3.83. The van der Waals surface area contributed by atoms with E-state index in [-0.39, 0.29) is 0 Å². The van der Waals surface area contributed by atoms with E-state index in [1.165, 1.54) is 4.88 Å². The van der Waals surface area contributed by atoms with Crippen molar-refractivity contribution in [2.75, 3.05) is 40.0 Å². The molecule has 23 heavy (non-hydrogen) atoms. The van der Waals surface area contributed by atoms with Gasteiger partial charge in [0.1, 0.15) is 0 Å². The molecule has 0 radical (unpaired) electrons. The lowest BCUT2D eigenvalue weighted by atomic mass is 10.1. The number of nitrogens with zero attached hydrogens (tertiary/aromatic N) is 1. The molecule has 1 saturated heterocycles. The average molecular weight is 340 g/mol. The summed E-state index contributed by atoms with van der Waals surface area (Å²) in [6.07, 6.45) is 3.41. The van der Waals surface area contributed by atoms with E-state index in [9.17, 15) is 0 Å². The largest absolute Gasteiger partial charge is 0.379 e. The lowest BCUT2D eigenvalue weighted by molar-refractivity contribution is 0.0420. The summed E-state index contributed by atoms with van der Waals surface area (Å²) in [4.78, 5) is 5.71. The fraction of sp³-hybridized carbons (Fsp3) is 0.706. The molecule has 0 aromatic carbocycles. The van der Waals surface area contributed by atoms with Crippen LogP contribution in [0.2, 0.25) is 0 Å². The Bertz CT molecular complexity index is 445. The molecule has 1 aliphatic rings. The zero-order chi connectivity index (χ0) is 16.3. The molecule has 1 aromatic heterocycles. The molecule has 2 N–H and O–H groups in total. The predicted molar refractivity (Wildman–Crippen MR) is 96.3 cm³/mol. The lowest BCUT2D eigenvalue weighted by Crippen LogP contribution is -2.40. The summed E-state index contributed by atoms with van der Waals surface area (Å²) in [5, 5.41) is 8.87. The van der Waals surface area contributed by atoms with Gasteiger partial charge in [0.2, 0.25) is 0 Å². The Morgan fingerprint density at radius 2 is 2.43 bits per heavy atom. The van der Waals surface area contributed by atoms with Gasteiger partial charge in [-0.05, 0) is 36.6 Å². The van der Waals surface area contributed by atoms with Crippen LogP contribution in [0.3, 0.4) is 0 Å². The minimum atomic E-state index is 0.297. The maximum Gasteiger partial charge on any atom is 0.190 e. The van der Waals surface area contributed by atoms with Crippen molar-refractivity contribution >= 4 is 17.3 Å². The maximum atomic E-state index is 5.75. The number of thiophene rings is 1. The minimum Gasteiger partial charge on any atom is -0.379 e. The maximum absolute atomic E-state index is 5.75. The van der Waals surface area contributed by atoms with Crippen molar-refractivity contribution in [1.29, 1.82) is 0 Å². The van der Waals surface area contributed by atoms with Crippen LogP contribution >= 0.6 is 11.3 Å². The highest BCUT2D eigenvalue weighted by atomic mass is 32.1. The molecule has 1 fully saturated rings. The Hall–Kier alpha value is -1.11. The van der Waals surface area contributed by atoms with Crippen LogP contribution in [0.25, 0.3) is 0 Å². The Labute approximate surface area is 143 Å². The molecule has 6 heteroatoms. The van der Waals surface area contributed by atoms with Crippen LogP contribution in [0.5, 0.6) is 0 Å². The van der Waals surface area contributed by atoms with Crippen molar-refractivity contribution < 1.29 is 9.47 Å². The number of aliphatic imine (C=N–C) groups is 1. The molecule has 0 bridgehead atoms. The Kier molecular flexibility index (Phi) is 8.42. The van der Waals surface area contributed by atoms with E-state index in [0.717, 1.165) is 58.1 Å². The summed E-state index contributed by atoms with van der Waals surface area (Å²) in [5.41, 5.74) is 0. The van der Waals surface area contributed by atoms with Crippen LogP contribution in [0.1, 0.15) is 24.6 Å². The van der Waals surface area contributed by atoms with Crippen LogP contribution in [-0.2, 0) is 15.9 Å². The molecule has 0 aliphatic carbocycles. The molecule has 130 valence electrons. The third kappa shape index (κ3) is 7.33. The Morgan fingerprint density at radius 3 is 3.13 bits per heavy atom. The van der Waals surface area contributed by atoms with Crippen molar-refractivity contribution in [3.63, 3.8) is 0 Å². The van der Waals surface area contributed by atoms with E-state index in [1.54, 1.807) is 0 Å². The lowest BCUT2D eigenvalue weighted by Gasteiger charge is -2.16. The summed E-state index contributed by atoms with van der Waals surface area (Å²) in [7, 11) is 1.81. The van der Waals surface area contributed by atoms with Crippen LogP contribution in [0.4, 0.5) is 0 Å². The predicted octanol–water partition coefficient (Wildman–Crippen LogP) is 2.29. The first-order chi connectivity index (χ1) is 11.3. The second-order valence-corrected chi connectivity index (χ2v) is 7.01. The molecule has 2 rings (SSSR count). The summed E-state index contributed by atoms with van der Waals surface area (Å²) < 4.78 is 11.0. The highest BCUT2D eigenvalue weighted by molar-refractivity contribution is 7.09. The quantitative estimate of drug-likeness (QED) is 0.412. The number of guanidine groups is 1. The smallest absolute Gasteiger partial charge is 0.190 e. The van der Waals surface area contributed by atoms with Crippen molar-refractivity contribution in [2.45, 2.75) is 32.3 Å². The molecular formula is C17H29N3O2S. The van der Waals surface area contributed by atoms with Gasteiger partial charge < -0.3 is 20.1 Å². The van der Waals surface area contributed by atoms with Gasteiger partial charge in [-0.3, -0.25) is 4.99 Å². The zero-order valence-electron chi connectivity index (χ0n) is 14.2. The van der Waals surface area contributed by atoms with Gasteiger partial charge in [-0.1, -0.05) is 13.0 Å². The average Bonchev–Trinajstić information content (AvgIpc) is 3.23. The molecule has 0 saturated carbocycles. The van der Waals surface area contributed by atoms with E-state index in [1.807, 2.05) is 18.4 Å². The van der Waals surface area contributed by atoms with Gasteiger partial charge >= 0.3 is 0 Å². The zero-order valence-corrected chi connectivity index (χ0v) is 15.0. The first-order valence-corrected chi connectivity index (χ1v) is 9.32. The van der Waals surface area contributed by atoms with Crippen LogP contribution in [0.15, 0.2) is 22.5 Å². The van der Waals surface area contributed by atoms with E-state index >= 15 is 0 Å². The first-order valence-electron chi connectivity index (χ1n) is 8.44. The highest BCUT2D eigenvalue weighted by Gasteiger charge is 2.15. The number of nitrogens with one attached hydrogen (secondary N) is 2. The molecule has 2 atom stereocenters. The summed E-state index contributed by atoms with van der Waals surface area (Å²) >= 11 is 1.82. The van der Waals surface area contributed by atoms with Gasteiger partial charge in [0.25, 0.3) is 0 Å². The number of rotatable bonds is 9. The van der Waals surface area contributed by atoms with Crippen molar-refractivity contribution in [3.05, 3.63) is 22.4 Å². The Morgan fingerprint density at radius 1 is 1.52 bits per heavy atom. The first kappa shape index (κ1) is 18.2. The SMILES string of the molecule is CN=C(NCCCOC1CCOC1)NCC(C)Cc1cccs1. The van der Waals surface area contributed by atoms with Crippen LogP contribution < -0.4 is 10.6 Å². The molecule has 2 heterocycles. The van der Waals surface area contributed by atoms with E-state index < -0.39 is 0 Å². The Balaban J connectivity index is 1.52. The summed E-state index contributed by atoms with van der Waals surface area (Å²) in [6, 6.07) is 4.31. The molecular weight excluding hydrogens is 310 g/mol. The number of hydrogen-bond donors (Lipinski definition) is 2. The second-order valence-electron chi connectivity index (χ2n) is 5.98. The van der Waals surface area contributed by atoms with E-state index in [4.69, 9.17) is 9.47 Å². The minimum absolute atomic E-state index is 0.297. The van der Waals surface area contributed by atoms with Crippen LogP contribution in [0, 0.1) is 5.92 Å². The van der Waals surface area contributed by atoms with Gasteiger partial charge in [-0.25, -0.2) is 0 Å². The summed E-state index contributed by atoms with van der Waals surface area (Å²) in [6.45, 7) is 6.41. The van der Waals surface area contributed by atoms with Gasteiger partial charge in [-0.15, -0.1) is 11.3 Å². The van der Waals surface area contributed by atoms with E-state index in [2.05, 4.69) is 40.1 Å². The molecule has 0 spiro atoms. The van der Waals surface area contributed by atoms with Crippen molar-refractivity contribution in [1.82, 2.24) is 10.6 Å². The molecule has 0 amide bonds. The fourth-order valence-corrected chi connectivity index (χ4v) is 3.38. The number of ether oxygens (including phenoxy) is 2. The van der Waals surface area contributed by atoms with Gasteiger partial charge in [0, 0.05) is 38.2 Å². The topological polar surface area (TPSA) is 54.9 Å². The summed E-state index contributed by atoms with van der Waals surface area (Å²) in [5.74, 6) is 1.45. The van der Waals surface area contributed by atoms with Gasteiger partial charge in [-0.2, -0.15) is 0 Å². The molecule has 1 aliphatic heterocycles. The normalized spacial score (nSPS) is 19.7. The second kappa shape index (κ2) is 10.6. The fourth-order valence-electron chi connectivity index (χ4n) is 2.51. The molecule has 5 nitrogen and oxygen atoms in total. The van der Waals surface area contributed by atoms with Crippen molar-refractivity contribution in [2.24, 2.45) is 10.9 Å². The van der Waals surface area contributed by atoms with Gasteiger partial charge in [0.05, 0.1) is 12.7 Å². The number of hydrogen-bond acceptors (Lipinski definition) is 4. The molecule has 1 aromatic rings. The van der Waals surface area contributed by atoms with E-state index in [0.29, 0.717) is 12.0 Å². The van der Waals surface area contributed by atoms with Gasteiger partial charge in [0.15, 0.2) is 5.96 Å². The third-order valence-corrected chi connectivity index (χ3v) is 4.73. The standard InChI is InChI=1S/C17H29N3O2S/c1-14(11-16-5-3-10-23-16)12-20-17(18-2)19-7-4-8-22-15-6-9-21-13-15/h3,5,10,14-15H,4,6-9,11-13H2,1-2H3,(H2,18,19,20).